The van der Waals surface area contributed by atoms with Crippen molar-refractivity contribution in [3.8, 4) is 5.75 Å². The molecule has 0 aliphatic rings. The van der Waals surface area contributed by atoms with Gasteiger partial charge in [-0.1, -0.05) is 22.0 Å². The van der Waals surface area contributed by atoms with Crippen LogP contribution in [0.2, 0.25) is 0 Å². The van der Waals surface area contributed by atoms with Crippen molar-refractivity contribution in [2.75, 3.05) is 7.11 Å². The third-order valence-corrected chi connectivity index (χ3v) is 3.74. The average molecular weight is 310 g/mol. The summed E-state index contributed by atoms with van der Waals surface area (Å²) in [6.07, 6.45) is 1.81. The lowest BCUT2D eigenvalue weighted by Crippen LogP contribution is -1.90. The minimum Gasteiger partial charge on any atom is -0.496 e. The topological polar surface area (TPSA) is 22.1 Å². The van der Waals surface area contributed by atoms with E-state index in [1.807, 2.05) is 30.3 Å². The van der Waals surface area contributed by atoms with Crippen LogP contribution >= 0.6 is 27.7 Å². The first-order chi connectivity index (χ1) is 8.29. The van der Waals surface area contributed by atoms with Gasteiger partial charge in [-0.25, -0.2) is 4.98 Å². The molecule has 4 heteroatoms. The molecule has 1 aromatic heterocycles. The van der Waals surface area contributed by atoms with Gasteiger partial charge >= 0.3 is 0 Å². The van der Waals surface area contributed by atoms with Gasteiger partial charge in [0.15, 0.2) is 0 Å². The number of benzene rings is 1. The number of ether oxygens (including phenoxy) is 1. The Bertz CT molecular complexity index is 490. The van der Waals surface area contributed by atoms with Gasteiger partial charge in [0.2, 0.25) is 0 Å². The Morgan fingerprint density at radius 2 is 2.18 bits per heavy atom. The first-order valence-electron chi connectivity index (χ1n) is 5.16. The van der Waals surface area contributed by atoms with Crippen LogP contribution in [0.1, 0.15) is 5.56 Å². The first-order valence-corrected chi connectivity index (χ1v) is 6.93. The molecule has 0 radical (unpaired) electrons. The highest BCUT2D eigenvalue weighted by Gasteiger charge is 2.04. The van der Waals surface area contributed by atoms with E-state index in [0.717, 1.165) is 26.6 Å². The predicted octanol–water partition coefficient (Wildman–Crippen LogP) is 4.15. The van der Waals surface area contributed by atoms with Gasteiger partial charge in [-0.3, -0.25) is 0 Å². The summed E-state index contributed by atoms with van der Waals surface area (Å²) in [6, 6.07) is 12.0. The number of halogens is 1. The normalized spacial score (nSPS) is 10.2. The van der Waals surface area contributed by atoms with Gasteiger partial charge in [0, 0.05) is 22.0 Å². The number of rotatable bonds is 4. The highest BCUT2D eigenvalue weighted by molar-refractivity contribution is 9.10. The van der Waals surface area contributed by atoms with Gasteiger partial charge < -0.3 is 4.74 Å². The zero-order valence-corrected chi connectivity index (χ0v) is 11.8. The Kier molecular flexibility index (Phi) is 4.45. The summed E-state index contributed by atoms with van der Waals surface area (Å²) in [4.78, 5) is 4.28. The fourth-order valence-electron chi connectivity index (χ4n) is 1.44. The molecule has 17 heavy (non-hydrogen) atoms. The zero-order valence-electron chi connectivity index (χ0n) is 9.39. The number of hydrogen-bond donors (Lipinski definition) is 0. The molecule has 0 saturated heterocycles. The summed E-state index contributed by atoms with van der Waals surface area (Å²) in [6.45, 7) is 0. The standard InChI is InChI=1S/C13H12BrNOS/c1-16-12-6-5-11(14)8-10(12)9-17-13-4-2-3-7-15-13/h2-8H,9H2,1H3. The molecule has 0 bridgehead atoms. The van der Waals surface area contributed by atoms with E-state index in [1.165, 1.54) is 0 Å². The maximum atomic E-state index is 5.33. The van der Waals surface area contributed by atoms with E-state index >= 15 is 0 Å². The third kappa shape index (κ3) is 3.48. The van der Waals surface area contributed by atoms with Gasteiger partial charge in [-0.2, -0.15) is 0 Å². The van der Waals surface area contributed by atoms with E-state index in [4.69, 9.17) is 4.74 Å². The second-order valence-corrected chi connectivity index (χ2v) is 5.32. The monoisotopic (exact) mass is 309 g/mol. The van der Waals surface area contributed by atoms with Gasteiger partial charge in [0.1, 0.15) is 5.75 Å². The van der Waals surface area contributed by atoms with E-state index in [-0.39, 0.29) is 0 Å². The summed E-state index contributed by atoms with van der Waals surface area (Å²) in [5.74, 6) is 1.76. The van der Waals surface area contributed by atoms with E-state index in [1.54, 1.807) is 25.1 Å². The van der Waals surface area contributed by atoms with Crippen molar-refractivity contribution in [2.24, 2.45) is 0 Å². The molecular weight excluding hydrogens is 298 g/mol. The van der Waals surface area contributed by atoms with Gasteiger partial charge in [0.05, 0.1) is 12.1 Å². The Labute approximate surface area is 114 Å². The largest absolute Gasteiger partial charge is 0.496 e. The predicted molar refractivity (Wildman–Crippen MR) is 74.5 cm³/mol. The molecule has 0 atom stereocenters. The molecule has 0 aliphatic heterocycles. The van der Waals surface area contributed by atoms with Crippen LogP contribution in [0.4, 0.5) is 0 Å². The van der Waals surface area contributed by atoms with E-state index in [2.05, 4.69) is 27.0 Å². The van der Waals surface area contributed by atoms with Crippen LogP contribution in [0.25, 0.3) is 0 Å². The van der Waals surface area contributed by atoms with Crippen LogP contribution in [0, 0.1) is 0 Å². The van der Waals surface area contributed by atoms with E-state index in [9.17, 15) is 0 Å². The summed E-state index contributed by atoms with van der Waals surface area (Å²) in [5, 5.41) is 1.02. The van der Waals surface area contributed by atoms with Crippen LogP contribution in [-0.2, 0) is 5.75 Å². The van der Waals surface area contributed by atoms with Crippen LogP contribution in [-0.4, -0.2) is 12.1 Å². The number of nitrogens with zero attached hydrogens (tertiary/aromatic N) is 1. The third-order valence-electron chi connectivity index (χ3n) is 2.26. The Balaban J connectivity index is 2.11. The van der Waals surface area contributed by atoms with E-state index < -0.39 is 0 Å². The fraction of sp³-hybridized carbons (Fsp3) is 0.154. The van der Waals surface area contributed by atoms with Crippen molar-refractivity contribution in [2.45, 2.75) is 10.8 Å². The number of pyridine rings is 1. The summed E-state index contributed by atoms with van der Waals surface area (Å²) in [5.41, 5.74) is 1.16. The first kappa shape index (κ1) is 12.5. The lowest BCUT2D eigenvalue weighted by molar-refractivity contribution is 0.411. The quantitative estimate of drug-likeness (QED) is 0.792. The molecule has 0 aliphatic carbocycles. The number of hydrogen-bond acceptors (Lipinski definition) is 3. The fourth-order valence-corrected chi connectivity index (χ4v) is 2.69. The molecule has 1 aromatic carbocycles. The molecular formula is C13H12BrNOS. The Morgan fingerprint density at radius 3 is 2.88 bits per heavy atom. The smallest absolute Gasteiger partial charge is 0.122 e. The van der Waals surface area contributed by atoms with Crippen LogP contribution in [0.5, 0.6) is 5.75 Å². The molecule has 0 amide bonds. The maximum absolute atomic E-state index is 5.33. The number of methoxy groups -OCH3 is 1. The zero-order chi connectivity index (χ0) is 12.1. The molecule has 0 N–H and O–H groups in total. The molecule has 2 rings (SSSR count). The minimum atomic E-state index is 0.847. The van der Waals surface area contributed by atoms with Crippen LogP contribution in [0.3, 0.4) is 0 Å². The second kappa shape index (κ2) is 6.07. The molecule has 1 heterocycles. The van der Waals surface area contributed by atoms with Gasteiger partial charge in [-0.15, -0.1) is 11.8 Å². The lowest BCUT2D eigenvalue weighted by Gasteiger charge is -2.08. The van der Waals surface area contributed by atoms with Crippen molar-refractivity contribution in [3.63, 3.8) is 0 Å². The molecule has 0 saturated carbocycles. The molecule has 0 spiro atoms. The molecule has 0 fully saturated rings. The SMILES string of the molecule is COc1ccc(Br)cc1CSc1ccccn1. The van der Waals surface area contributed by atoms with Crippen LogP contribution < -0.4 is 4.74 Å². The second-order valence-electron chi connectivity index (χ2n) is 3.41. The summed E-state index contributed by atoms with van der Waals surface area (Å²) >= 11 is 5.17. The summed E-state index contributed by atoms with van der Waals surface area (Å²) < 4.78 is 6.40. The molecule has 2 nitrogen and oxygen atoms in total. The van der Waals surface area contributed by atoms with Gasteiger partial charge in [0.25, 0.3) is 0 Å². The summed E-state index contributed by atoms with van der Waals surface area (Å²) in [7, 11) is 1.69. The van der Waals surface area contributed by atoms with Crippen molar-refractivity contribution in [1.29, 1.82) is 0 Å². The highest BCUT2D eigenvalue weighted by atomic mass is 79.9. The molecule has 2 aromatic rings. The Hall–Kier alpha value is -1.00. The Morgan fingerprint density at radius 1 is 1.29 bits per heavy atom. The van der Waals surface area contributed by atoms with Crippen molar-refractivity contribution in [3.05, 3.63) is 52.6 Å². The van der Waals surface area contributed by atoms with Crippen molar-refractivity contribution >= 4 is 27.7 Å². The average Bonchev–Trinajstić information content (AvgIpc) is 2.38. The minimum absolute atomic E-state index is 0.847. The van der Waals surface area contributed by atoms with Gasteiger partial charge in [-0.05, 0) is 30.3 Å². The highest BCUT2D eigenvalue weighted by Crippen LogP contribution is 2.29. The number of aromatic nitrogens is 1. The van der Waals surface area contributed by atoms with Crippen LogP contribution in [0.15, 0.2) is 52.1 Å². The lowest BCUT2D eigenvalue weighted by atomic mass is 10.2. The van der Waals surface area contributed by atoms with Crippen molar-refractivity contribution < 1.29 is 4.74 Å². The van der Waals surface area contributed by atoms with Crippen molar-refractivity contribution in [1.82, 2.24) is 4.98 Å². The molecule has 88 valence electrons. The number of thioether (sulfide) groups is 1. The van der Waals surface area contributed by atoms with E-state index in [0.29, 0.717) is 0 Å². The molecule has 0 unspecified atom stereocenters. The maximum Gasteiger partial charge on any atom is 0.122 e.